The first-order valence-electron chi connectivity index (χ1n) is 12.7. The van der Waals surface area contributed by atoms with Crippen LogP contribution in [0.2, 0.25) is 0 Å². The van der Waals surface area contributed by atoms with Gasteiger partial charge in [-0.3, -0.25) is 0 Å². The largest absolute Gasteiger partial charge is 0.427 e. The van der Waals surface area contributed by atoms with Gasteiger partial charge >= 0.3 is 8.60 Å². The van der Waals surface area contributed by atoms with Crippen molar-refractivity contribution in [1.82, 2.24) is 14.5 Å². The molecule has 198 valence electrons. The van der Waals surface area contributed by atoms with Gasteiger partial charge in [0, 0.05) is 29.3 Å². The summed E-state index contributed by atoms with van der Waals surface area (Å²) in [7, 11) is -2.46. The quantitative estimate of drug-likeness (QED) is 0.214. The van der Waals surface area contributed by atoms with Gasteiger partial charge in [-0.2, -0.15) is 0 Å². The average molecular weight is 524 g/mol. The van der Waals surface area contributed by atoms with Gasteiger partial charge in [0.1, 0.15) is 17.1 Å². The molecule has 37 heavy (non-hydrogen) atoms. The molecule has 0 amide bonds. The van der Waals surface area contributed by atoms with E-state index in [1.165, 1.54) is 0 Å². The van der Waals surface area contributed by atoms with E-state index in [4.69, 9.17) is 26.0 Å². The van der Waals surface area contributed by atoms with Crippen molar-refractivity contribution in [3.8, 4) is 5.75 Å². The fraction of sp³-hybridized carbons (Fsp3) is 0.429. The Morgan fingerprint density at radius 3 is 2.41 bits per heavy atom. The van der Waals surface area contributed by atoms with Crippen LogP contribution in [0.25, 0.3) is 21.9 Å². The van der Waals surface area contributed by atoms with Crippen LogP contribution in [-0.4, -0.2) is 29.9 Å². The predicted molar refractivity (Wildman–Crippen MR) is 152 cm³/mol. The maximum atomic E-state index is 9.25. The van der Waals surface area contributed by atoms with Crippen LogP contribution in [0.5, 0.6) is 5.75 Å². The standard InChI is InChI=1S/C28H38N5O3P/c1-7-8-9-23-32-24-25(33(23)16-18-10-13-22(17(2)14-18)36-37(34)35)20-12-11-19(15-21(20)31-26(24)29)27(3,4)28(5,6)30/h10-15,34-35H,7-9,16,30H2,1-6H3,(H2,29,31). The van der Waals surface area contributed by atoms with E-state index in [0.717, 1.165) is 58.2 Å². The number of nitrogens with zero attached hydrogens (tertiary/aromatic N) is 3. The SMILES string of the molecule is CCCCc1nc2c(N)nc3cc(C(C)(C)C(C)(C)N)ccc3c2n1Cc1ccc(OP(O)O)c(C)c1. The highest BCUT2D eigenvalue weighted by molar-refractivity contribution is 7.39. The molecule has 0 saturated heterocycles. The number of aryl methyl sites for hydroxylation is 2. The Hall–Kier alpha value is -2.77. The smallest absolute Gasteiger partial charge is 0.391 e. The molecule has 0 saturated carbocycles. The van der Waals surface area contributed by atoms with E-state index in [9.17, 15) is 9.79 Å². The van der Waals surface area contributed by atoms with Crippen LogP contribution in [-0.2, 0) is 18.4 Å². The van der Waals surface area contributed by atoms with E-state index in [-0.39, 0.29) is 5.41 Å². The molecule has 9 heteroatoms. The lowest BCUT2D eigenvalue weighted by atomic mass is 9.70. The molecule has 0 radical (unpaired) electrons. The van der Waals surface area contributed by atoms with E-state index in [2.05, 4.69) is 43.5 Å². The summed E-state index contributed by atoms with van der Waals surface area (Å²) < 4.78 is 7.38. The first-order valence-corrected chi connectivity index (χ1v) is 13.8. The molecule has 2 aromatic carbocycles. The molecule has 0 fully saturated rings. The van der Waals surface area contributed by atoms with Crippen LogP contribution in [0, 0.1) is 6.92 Å². The number of fused-ring (bicyclic) bond motifs is 3. The third-order valence-corrected chi connectivity index (χ3v) is 7.99. The highest BCUT2D eigenvalue weighted by atomic mass is 31.2. The summed E-state index contributed by atoms with van der Waals surface area (Å²) in [6, 6.07) is 12.1. The van der Waals surface area contributed by atoms with Crippen molar-refractivity contribution in [3.05, 3.63) is 58.9 Å². The maximum Gasteiger partial charge on any atom is 0.391 e. The number of rotatable bonds is 9. The van der Waals surface area contributed by atoms with E-state index in [1.807, 2.05) is 32.9 Å². The van der Waals surface area contributed by atoms with Crippen LogP contribution in [0.1, 0.15) is 70.0 Å². The lowest BCUT2D eigenvalue weighted by molar-refractivity contribution is 0.306. The van der Waals surface area contributed by atoms with Crippen molar-refractivity contribution < 1.29 is 14.3 Å². The number of hydrogen-bond acceptors (Lipinski definition) is 7. The van der Waals surface area contributed by atoms with Gasteiger partial charge in [-0.1, -0.05) is 51.5 Å². The van der Waals surface area contributed by atoms with Gasteiger partial charge in [0.25, 0.3) is 0 Å². The molecule has 0 bridgehead atoms. The minimum Gasteiger partial charge on any atom is -0.427 e. The van der Waals surface area contributed by atoms with Gasteiger partial charge in [0.05, 0.1) is 11.0 Å². The lowest BCUT2D eigenvalue weighted by Crippen LogP contribution is -2.50. The third-order valence-electron chi connectivity index (χ3n) is 7.63. The number of unbranched alkanes of at least 4 members (excludes halogenated alkanes) is 1. The Balaban J connectivity index is 1.89. The number of benzene rings is 2. The number of pyridine rings is 1. The highest BCUT2D eigenvalue weighted by Crippen LogP contribution is 2.37. The number of nitrogens with two attached hydrogens (primary N) is 2. The highest BCUT2D eigenvalue weighted by Gasteiger charge is 2.35. The number of aromatic nitrogens is 3. The van der Waals surface area contributed by atoms with Crippen LogP contribution >= 0.6 is 8.60 Å². The van der Waals surface area contributed by atoms with Crippen LogP contribution in [0.4, 0.5) is 5.82 Å². The molecule has 0 aliphatic rings. The van der Waals surface area contributed by atoms with Crippen molar-refractivity contribution in [3.63, 3.8) is 0 Å². The normalized spacial score (nSPS) is 12.7. The molecule has 0 aliphatic heterocycles. The Bertz CT molecular complexity index is 1440. The second kappa shape index (κ2) is 10.2. The monoisotopic (exact) mass is 523 g/mol. The number of hydrogen-bond donors (Lipinski definition) is 4. The van der Waals surface area contributed by atoms with E-state index >= 15 is 0 Å². The van der Waals surface area contributed by atoms with Crippen LogP contribution in [0.15, 0.2) is 36.4 Å². The zero-order chi connectivity index (χ0) is 27.1. The summed E-state index contributed by atoms with van der Waals surface area (Å²) in [6.07, 6.45) is 2.90. The molecule has 2 aromatic heterocycles. The Labute approximate surface area is 219 Å². The van der Waals surface area contributed by atoms with Gasteiger partial charge in [0.2, 0.25) is 0 Å². The van der Waals surface area contributed by atoms with Gasteiger partial charge in [0.15, 0.2) is 5.82 Å². The van der Waals surface area contributed by atoms with Gasteiger partial charge in [-0.05, 0) is 56.0 Å². The average Bonchev–Trinajstić information content (AvgIpc) is 3.17. The molecule has 4 rings (SSSR count). The minimum absolute atomic E-state index is 0.274. The second-order valence-corrected chi connectivity index (χ2v) is 11.6. The maximum absolute atomic E-state index is 9.25. The molecular weight excluding hydrogens is 485 g/mol. The number of anilines is 1. The predicted octanol–water partition coefficient (Wildman–Crippen LogP) is 5.47. The topological polar surface area (TPSA) is 132 Å². The molecule has 8 nitrogen and oxygen atoms in total. The summed E-state index contributed by atoms with van der Waals surface area (Å²) in [5.41, 5.74) is 17.8. The number of imidazole rings is 1. The summed E-state index contributed by atoms with van der Waals surface area (Å²) in [4.78, 5) is 28.2. The van der Waals surface area contributed by atoms with E-state index < -0.39 is 14.1 Å². The molecule has 0 spiro atoms. The van der Waals surface area contributed by atoms with E-state index in [0.29, 0.717) is 23.6 Å². The summed E-state index contributed by atoms with van der Waals surface area (Å²) >= 11 is 0. The molecule has 2 heterocycles. The van der Waals surface area contributed by atoms with Crippen molar-refractivity contribution in [2.24, 2.45) is 5.73 Å². The molecule has 0 atom stereocenters. The van der Waals surface area contributed by atoms with Crippen LogP contribution < -0.4 is 16.0 Å². The Kier molecular flexibility index (Phi) is 7.50. The van der Waals surface area contributed by atoms with Crippen LogP contribution in [0.3, 0.4) is 0 Å². The molecule has 4 aromatic rings. The van der Waals surface area contributed by atoms with Crippen molar-refractivity contribution in [2.45, 2.75) is 78.3 Å². The van der Waals surface area contributed by atoms with Gasteiger partial charge < -0.3 is 30.3 Å². The summed E-state index contributed by atoms with van der Waals surface area (Å²) in [5.74, 6) is 1.84. The van der Waals surface area contributed by atoms with Gasteiger partial charge in [-0.15, -0.1) is 0 Å². The van der Waals surface area contributed by atoms with Crippen molar-refractivity contribution in [1.29, 1.82) is 0 Å². The lowest BCUT2D eigenvalue weighted by Gasteiger charge is -2.39. The first kappa shape index (κ1) is 27.3. The minimum atomic E-state index is -2.46. The zero-order valence-corrected chi connectivity index (χ0v) is 23.4. The summed E-state index contributed by atoms with van der Waals surface area (Å²) in [6.45, 7) is 13.0. The molecule has 0 unspecified atom stereocenters. The molecular formula is C28H38N5O3P. The zero-order valence-electron chi connectivity index (χ0n) is 22.5. The fourth-order valence-electron chi connectivity index (χ4n) is 4.60. The number of nitrogen functional groups attached to an aromatic ring is 1. The Morgan fingerprint density at radius 1 is 1.05 bits per heavy atom. The summed E-state index contributed by atoms with van der Waals surface area (Å²) in [5, 5.41) is 0.997. The first-order chi connectivity index (χ1) is 17.3. The van der Waals surface area contributed by atoms with Gasteiger partial charge in [-0.25, -0.2) is 9.97 Å². The Morgan fingerprint density at radius 2 is 1.78 bits per heavy atom. The molecule has 0 aliphatic carbocycles. The fourth-order valence-corrected chi connectivity index (χ4v) is 4.98. The van der Waals surface area contributed by atoms with Crippen molar-refractivity contribution >= 4 is 36.4 Å². The van der Waals surface area contributed by atoms with Crippen molar-refractivity contribution in [2.75, 3.05) is 5.73 Å². The molecule has 6 N–H and O–H groups in total. The third kappa shape index (κ3) is 5.30. The van der Waals surface area contributed by atoms with E-state index in [1.54, 1.807) is 6.07 Å². The second-order valence-electron chi connectivity index (χ2n) is 10.9.